The summed E-state index contributed by atoms with van der Waals surface area (Å²) >= 11 is 0. The van der Waals surface area contributed by atoms with Crippen LogP contribution in [0.1, 0.15) is 51.6 Å². The fraction of sp³-hybridized carbons (Fsp3) is 0.810. The Hall–Kier alpha value is -0.870. The van der Waals surface area contributed by atoms with Crippen LogP contribution in [0.2, 0.25) is 0 Å². The van der Waals surface area contributed by atoms with E-state index in [0.717, 1.165) is 75.1 Å². The molecule has 0 spiro atoms. The molecule has 1 saturated heterocycles. The van der Waals surface area contributed by atoms with Crippen molar-refractivity contribution in [3.05, 3.63) is 17.0 Å². The minimum Gasteiger partial charge on any atom is -0.361 e. The lowest BCUT2D eigenvalue weighted by molar-refractivity contribution is 0.0900. The Morgan fingerprint density at radius 1 is 1.10 bits per heavy atom. The summed E-state index contributed by atoms with van der Waals surface area (Å²) in [6, 6.07) is 0.505. The number of hydrogen-bond acceptors (Lipinski definition) is 5. The lowest BCUT2D eigenvalue weighted by Crippen LogP contribution is -2.55. The SMILES string of the molecule is CCNC(=NCc1c(CC)noc1CC)NCC(C(C)C)N1CCN(C)CC1.I. The number of nitrogens with zero attached hydrogens (tertiary/aromatic N) is 4. The molecule has 1 aromatic heterocycles. The zero-order chi connectivity index (χ0) is 20.5. The fourth-order valence-corrected chi connectivity index (χ4v) is 3.76. The molecule has 1 atom stereocenters. The molecule has 0 bridgehead atoms. The maximum atomic E-state index is 5.48. The third-order valence-corrected chi connectivity index (χ3v) is 5.60. The van der Waals surface area contributed by atoms with Gasteiger partial charge in [-0.25, -0.2) is 4.99 Å². The van der Waals surface area contributed by atoms with Gasteiger partial charge in [-0.3, -0.25) is 4.90 Å². The van der Waals surface area contributed by atoms with E-state index in [2.05, 4.69) is 67.3 Å². The van der Waals surface area contributed by atoms with Crippen molar-refractivity contribution in [2.24, 2.45) is 10.9 Å². The van der Waals surface area contributed by atoms with Gasteiger partial charge in [0.1, 0.15) is 5.76 Å². The van der Waals surface area contributed by atoms with Crippen molar-refractivity contribution >= 4 is 29.9 Å². The second-order valence-corrected chi connectivity index (χ2v) is 7.96. The van der Waals surface area contributed by atoms with E-state index in [9.17, 15) is 0 Å². The summed E-state index contributed by atoms with van der Waals surface area (Å²) in [4.78, 5) is 9.85. The molecule has 1 unspecified atom stereocenters. The van der Waals surface area contributed by atoms with Gasteiger partial charge in [0.2, 0.25) is 0 Å². The number of guanidine groups is 1. The molecule has 7 nitrogen and oxygen atoms in total. The Bertz CT molecular complexity index is 589. The van der Waals surface area contributed by atoms with Gasteiger partial charge < -0.3 is 20.1 Å². The van der Waals surface area contributed by atoms with Gasteiger partial charge in [-0.15, -0.1) is 24.0 Å². The summed E-state index contributed by atoms with van der Waals surface area (Å²) in [5.41, 5.74) is 2.16. The van der Waals surface area contributed by atoms with E-state index in [4.69, 9.17) is 9.52 Å². The van der Waals surface area contributed by atoms with Crippen LogP contribution in [0.15, 0.2) is 9.52 Å². The van der Waals surface area contributed by atoms with Crippen molar-refractivity contribution in [2.45, 2.75) is 60.0 Å². The van der Waals surface area contributed by atoms with Crippen molar-refractivity contribution in [2.75, 3.05) is 46.3 Å². The Kier molecular flexibility index (Phi) is 12.1. The molecule has 168 valence electrons. The molecular formula is C21H41IN6O. The number of aromatic nitrogens is 1. The van der Waals surface area contributed by atoms with Crippen LogP contribution in [0.25, 0.3) is 0 Å². The largest absolute Gasteiger partial charge is 0.361 e. The highest BCUT2D eigenvalue weighted by atomic mass is 127. The molecule has 1 aliphatic heterocycles. The molecule has 1 aliphatic rings. The van der Waals surface area contributed by atoms with Crippen LogP contribution in [0.3, 0.4) is 0 Å². The van der Waals surface area contributed by atoms with Gasteiger partial charge in [0.05, 0.1) is 12.2 Å². The molecule has 2 N–H and O–H groups in total. The molecule has 0 saturated carbocycles. The highest BCUT2D eigenvalue weighted by Crippen LogP contribution is 2.17. The third kappa shape index (κ3) is 7.71. The van der Waals surface area contributed by atoms with Crippen molar-refractivity contribution in [3.8, 4) is 0 Å². The molecule has 0 aromatic carbocycles. The quantitative estimate of drug-likeness (QED) is 0.297. The molecule has 2 heterocycles. The first-order valence-electron chi connectivity index (χ1n) is 10.9. The van der Waals surface area contributed by atoms with E-state index in [0.29, 0.717) is 18.5 Å². The first-order valence-corrected chi connectivity index (χ1v) is 10.9. The van der Waals surface area contributed by atoms with Gasteiger partial charge in [0.15, 0.2) is 5.96 Å². The molecule has 0 amide bonds. The van der Waals surface area contributed by atoms with E-state index in [1.54, 1.807) is 0 Å². The number of likely N-dealkylation sites (N-methyl/N-ethyl adjacent to an activating group) is 1. The molecule has 2 rings (SSSR count). The monoisotopic (exact) mass is 520 g/mol. The number of piperazine rings is 1. The van der Waals surface area contributed by atoms with Gasteiger partial charge in [0, 0.05) is 57.3 Å². The second-order valence-electron chi connectivity index (χ2n) is 7.96. The lowest BCUT2D eigenvalue weighted by atomic mass is 10.0. The van der Waals surface area contributed by atoms with Gasteiger partial charge >= 0.3 is 0 Å². The van der Waals surface area contributed by atoms with Crippen LogP contribution >= 0.6 is 24.0 Å². The van der Waals surface area contributed by atoms with E-state index in [1.165, 1.54) is 0 Å². The molecule has 0 radical (unpaired) electrons. The maximum Gasteiger partial charge on any atom is 0.191 e. The summed E-state index contributed by atoms with van der Waals surface area (Å²) < 4.78 is 5.48. The molecule has 1 aromatic rings. The Morgan fingerprint density at radius 2 is 1.79 bits per heavy atom. The van der Waals surface area contributed by atoms with Crippen molar-refractivity contribution in [1.29, 1.82) is 0 Å². The van der Waals surface area contributed by atoms with Crippen molar-refractivity contribution in [1.82, 2.24) is 25.6 Å². The topological polar surface area (TPSA) is 68.9 Å². The van der Waals surface area contributed by atoms with Crippen molar-refractivity contribution in [3.63, 3.8) is 0 Å². The summed E-state index contributed by atoms with van der Waals surface area (Å²) in [6.07, 6.45) is 1.72. The summed E-state index contributed by atoms with van der Waals surface area (Å²) in [5.74, 6) is 2.41. The second kappa shape index (κ2) is 13.4. The van der Waals surface area contributed by atoms with Crippen LogP contribution in [-0.4, -0.2) is 73.3 Å². The van der Waals surface area contributed by atoms with E-state index in [1.807, 2.05) is 0 Å². The minimum absolute atomic E-state index is 0. The van der Waals surface area contributed by atoms with Crippen LogP contribution in [0, 0.1) is 5.92 Å². The number of nitrogens with one attached hydrogen (secondary N) is 2. The molecule has 8 heteroatoms. The van der Waals surface area contributed by atoms with Gasteiger partial charge in [0.25, 0.3) is 0 Å². The molecular weight excluding hydrogens is 479 g/mol. The maximum absolute atomic E-state index is 5.48. The smallest absolute Gasteiger partial charge is 0.191 e. The number of aliphatic imine (C=N–C) groups is 1. The summed E-state index contributed by atoms with van der Waals surface area (Å²) in [7, 11) is 2.20. The molecule has 1 fully saturated rings. The zero-order valence-corrected chi connectivity index (χ0v) is 21.5. The van der Waals surface area contributed by atoms with Gasteiger partial charge in [-0.1, -0.05) is 32.9 Å². The highest BCUT2D eigenvalue weighted by molar-refractivity contribution is 14.0. The predicted molar refractivity (Wildman–Crippen MR) is 131 cm³/mol. The van der Waals surface area contributed by atoms with Crippen molar-refractivity contribution < 1.29 is 4.52 Å². The van der Waals surface area contributed by atoms with Crippen LogP contribution in [0.5, 0.6) is 0 Å². The highest BCUT2D eigenvalue weighted by Gasteiger charge is 2.25. The predicted octanol–water partition coefficient (Wildman–Crippen LogP) is 2.74. The zero-order valence-electron chi connectivity index (χ0n) is 19.1. The van der Waals surface area contributed by atoms with Gasteiger partial charge in [-0.2, -0.15) is 0 Å². The normalized spacial score (nSPS) is 17.3. The number of hydrogen-bond donors (Lipinski definition) is 2. The first-order chi connectivity index (χ1) is 13.5. The van der Waals surface area contributed by atoms with Gasteiger partial charge in [-0.05, 0) is 26.3 Å². The minimum atomic E-state index is 0. The van der Waals surface area contributed by atoms with E-state index in [-0.39, 0.29) is 24.0 Å². The summed E-state index contributed by atoms with van der Waals surface area (Å²) in [6.45, 7) is 17.8. The molecule has 0 aliphatic carbocycles. The molecule has 29 heavy (non-hydrogen) atoms. The fourth-order valence-electron chi connectivity index (χ4n) is 3.76. The number of rotatable bonds is 9. The standard InChI is InChI=1S/C21H40N6O.HI/c1-7-18-17(20(8-2)28-25-18)14-23-21(22-9-3)24-15-19(16(4)5)27-12-10-26(6)11-13-27;/h16,19H,7-15H2,1-6H3,(H2,22,23,24);1H. The third-order valence-electron chi connectivity index (χ3n) is 5.60. The first kappa shape index (κ1) is 26.2. The van der Waals surface area contributed by atoms with Crippen LogP contribution in [-0.2, 0) is 19.4 Å². The average Bonchev–Trinajstić information content (AvgIpc) is 3.09. The lowest BCUT2D eigenvalue weighted by Gasteiger charge is -2.40. The van der Waals surface area contributed by atoms with E-state index < -0.39 is 0 Å². The Labute approximate surface area is 194 Å². The number of halogens is 1. The number of aryl methyl sites for hydroxylation is 2. The Balaban J connectivity index is 0.00000420. The van der Waals surface area contributed by atoms with E-state index >= 15 is 0 Å². The Morgan fingerprint density at radius 3 is 2.34 bits per heavy atom. The summed E-state index contributed by atoms with van der Waals surface area (Å²) in [5, 5.41) is 11.2. The van der Waals surface area contributed by atoms with Crippen LogP contribution in [0.4, 0.5) is 0 Å². The van der Waals surface area contributed by atoms with Crippen LogP contribution < -0.4 is 10.6 Å². The average molecular weight is 521 g/mol.